The van der Waals surface area contributed by atoms with Crippen molar-refractivity contribution < 1.29 is 23.9 Å². The van der Waals surface area contributed by atoms with Gasteiger partial charge in [0.2, 0.25) is 0 Å². The number of likely N-dealkylation sites (N-methyl/N-ethyl adjacent to an activating group) is 1. The lowest BCUT2D eigenvalue weighted by atomic mass is 10.1. The SMILES string of the molecule is CCOc1cc(/C=N\NC(=O)C(=O)NC)ccc1OCC(=O)Nc1cc(C)ccc1C. The van der Waals surface area contributed by atoms with Crippen LogP contribution in [0.15, 0.2) is 41.5 Å². The number of ether oxygens (including phenoxy) is 2. The van der Waals surface area contributed by atoms with Crippen LogP contribution < -0.4 is 25.5 Å². The van der Waals surface area contributed by atoms with Crippen molar-refractivity contribution in [3.63, 3.8) is 0 Å². The van der Waals surface area contributed by atoms with Crippen molar-refractivity contribution in [2.24, 2.45) is 5.10 Å². The molecule has 2 aromatic rings. The summed E-state index contributed by atoms with van der Waals surface area (Å²) in [5.41, 5.74) is 5.46. The van der Waals surface area contributed by atoms with Gasteiger partial charge in [-0.25, -0.2) is 5.43 Å². The zero-order chi connectivity index (χ0) is 22.8. The normalized spacial score (nSPS) is 10.5. The number of amides is 3. The highest BCUT2D eigenvalue weighted by molar-refractivity contribution is 6.35. The minimum Gasteiger partial charge on any atom is -0.490 e. The van der Waals surface area contributed by atoms with E-state index in [4.69, 9.17) is 9.47 Å². The maximum Gasteiger partial charge on any atom is 0.329 e. The summed E-state index contributed by atoms with van der Waals surface area (Å²) >= 11 is 0. The van der Waals surface area contributed by atoms with E-state index in [0.717, 1.165) is 16.8 Å². The van der Waals surface area contributed by atoms with Gasteiger partial charge in [-0.1, -0.05) is 12.1 Å². The molecule has 0 aliphatic rings. The Bertz CT molecular complexity index is 988. The molecule has 164 valence electrons. The average molecular weight is 426 g/mol. The Labute approximate surface area is 180 Å². The Balaban J connectivity index is 2.02. The molecule has 0 unspecified atom stereocenters. The second-order valence-electron chi connectivity index (χ2n) is 6.57. The van der Waals surface area contributed by atoms with Crippen LogP contribution in [-0.4, -0.2) is 44.2 Å². The molecular weight excluding hydrogens is 400 g/mol. The third-order valence-corrected chi connectivity index (χ3v) is 4.11. The molecular formula is C22H26N4O5. The largest absolute Gasteiger partial charge is 0.490 e. The molecule has 2 aromatic carbocycles. The minimum absolute atomic E-state index is 0.191. The Kier molecular flexibility index (Phi) is 8.56. The number of nitrogens with zero attached hydrogens (tertiary/aromatic N) is 1. The van der Waals surface area contributed by atoms with Crippen molar-refractivity contribution in [1.82, 2.24) is 10.7 Å². The molecule has 0 aromatic heterocycles. The third kappa shape index (κ3) is 7.14. The van der Waals surface area contributed by atoms with E-state index >= 15 is 0 Å². The van der Waals surface area contributed by atoms with E-state index < -0.39 is 11.8 Å². The van der Waals surface area contributed by atoms with Crippen LogP contribution in [0.25, 0.3) is 0 Å². The van der Waals surface area contributed by atoms with Crippen LogP contribution in [0.3, 0.4) is 0 Å². The fraction of sp³-hybridized carbons (Fsp3) is 0.273. The molecule has 3 amide bonds. The van der Waals surface area contributed by atoms with Crippen molar-refractivity contribution in [3.05, 3.63) is 53.1 Å². The standard InChI is InChI=1S/C22H26N4O5/c1-5-30-19-11-16(12-24-26-22(29)21(28)23-4)8-9-18(19)31-13-20(27)25-17-10-14(2)6-7-15(17)3/h6-12H,5,13H2,1-4H3,(H,23,28)(H,25,27)(H,26,29)/b24-12-. The highest BCUT2D eigenvalue weighted by atomic mass is 16.5. The number of hydrogen-bond acceptors (Lipinski definition) is 6. The molecule has 2 rings (SSSR count). The molecule has 0 saturated carbocycles. The minimum atomic E-state index is -0.876. The molecule has 0 fully saturated rings. The van der Waals surface area contributed by atoms with E-state index in [9.17, 15) is 14.4 Å². The van der Waals surface area contributed by atoms with Crippen molar-refractivity contribution >= 4 is 29.6 Å². The molecule has 9 nitrogen and oxygen atoms in total. The maximum atomic E-state index is 12.3. The summed E-state index contributed by atoms with van der Waals surface area (Å²) in [5, 5.41) is 8.77. The van der Waals surface area contributed by atoms with Gasteiger partial charge in [0.25, 0.3) is 5.91 Å². The van der Waals surface area contributed by atoms with Gasteiger partial charge >= 0.3 is 11.8 Å². The number of hydrazone groups is 1. The summed E-state index contributed by atoms with van der Waals surface area (Å²) < 4.78 is 11.2. The molecule has 0 spiro atoms. The summed E-state index contributed by atoms with van der Waals surface area (Å²) in [6.45, 7) is 5.89. The summed E-state index contributed by atoms with van der Waals surface area (Å²) in [5.74, 6) is -1.15. The molecule has 3 N–H and O–H groups in total. The number of carbonyl (C=O) groups excluding carboxylic acids is 3. The van der Waals surface area contributed by atoms with Crippen LogP contribution in [0, 0.1) is 13.8 Å². The highest BCUT2D eigenvalue weighted by Gasteiger charge is 2.11. The van der Waals surface area contributed by atoms with Gasteiger partial charge in [-0.2, -0.15) is 5.10 Å². The van der Waals surface area contributed by atoms with Crippen LogP contribution in [0.4, 0.5) is 5.69 Å². The van der Waals surface area contributed by atoms with Crippen molar-refractivity contribution in [1.29, 1.82) is 0 Å². The monoisotopic (exact) mass is 426 g/mol. The van der Waals surface area contributed by atoms with Gasteiger partial charge in [-0.05, 0) is 61.7 Å². The van der Waals surface area contributed by atoms with Crippen molar-refractivity contribution in [2.75, 3.05) is 25.6 Å². The van der Waals surface area contributed by atoms with Crippen LogP contribution in [0.2, 0.25) is 0 Å². The van der Waals surface area contributed by atoms with Gasteiger partial charge in [0, 0.05) is 12.7 Å². The van der Waals surface area contributed by atoms with E-state index in [2.05, 4.69) is 21.2 Å². The molecule has 9 heteroatoms. The number of benzene rings is 2. The van der Waals surface area contributed by atoms with Crippen molar-refractivity contribution in [2.45, 2.75) is 20.8 Å². The fourth-order valence-electron chi connectivity index (χ4n) is 2.52. The number of rotatable bonds is 8. The Morgan fingerprint density at radius 1 is 1.00 bits per heavy atom. The second-order valence-corrected chi connectivity index (χ2v) is 6.57. The van der Waals surface area contributed by atoms with Crippen LogP contribution >= 0.6 is 0 Å². The average Bonchev–Trinajstić information content (AvgIpc) is 2.75. The van der Waals surface area contributed by atoms with Gasteiger partial charge in [0.1, 0.15) is 0 Å². The first kappa shape index (κ1) is 23.4. The van der Waals surface area contributed by atoms with E-state index in [1.807, 2.05) is 39.0 Å². The summed E-state index contributed by atoms with van der Waals surface area (Å²) in [6.07, 6.45) is 1.36. The molecule has 0 bridgehead atoms. The highest BCUT2D eigenvalue weighted by Crippen LogP contribution is 2.28. The molecule has 0 aliphatic carbocycles. The fourth-order valence-corrected chi connectivity index (χ4v) is 2.52. The number of hydrogen-bond donors (Lipinski definition) is 3. The number of carbonyl (C=O) groups is 3. The van der Waals surface area contributed by atoms with Gasteiger partial charge in [0.05, 0.1) is 12.8 Å². The first-order valence-corrected chi connectivity index (χ1v) is 9.66. The predicted octanol–water partition coefficient (Wildman–Crippen LogP) is 1.92. The molecule has 31 heavy (non-hydrogen) atoms. The maximum absolute atomic E-state index is 12.3. The first-order valence-electron chi connectivity index (χ1n) is 9.66. The zero-order valence-electron chi connectivity index (χ0n) is 17.9. The van der Waals surface area contributed by atoms with Gasteiger partial charge in [0.15, 0.2) is 18.1 Å². The Morgan fingerprint density at radius 2 is 1.77 bits per heavy atom. The Morgan fingerprint density at radius 3 is 2.48 bits per heavy atom. The smallest absolute Gasteiger partial charge is 0.329 e. The third-order valence-electron chi connectivity index (χ3n) is 4.11. The zero-order valence-corrected chi connectivity index (χ0v) is 17.9. The van der Waals surface area contributed by atoms with Gasteiger partial charge < -0.3 is 20.1 Å². The molecule has 0 radical (unpaired) electrons. The quantitative estimate of drug-likeness (QED) is 0.339. The van der Waals surface area contributed by atoms with Gasteiger partial charge in [-0.3, -0.25) is 14.4 Å². The first-order chi connectivity index (χ1) is 14.8. The van der Waals surface area contributed by atoms with Gasteiger partial charge in [-0.15, -0.1) is 0 Å². The van der Waals surface area contributed by atoms with Crippen LogP contribution in [-0.2, 0) is 14.4 Å². The van der Waals surface area contributed by atoms with Crippen LogP contribution in [0.1, 0.15) is 23.6 Å². The number of nitrogens with one attached hydrogen (secondary N) is 3. The molecule has 0 saturated heterocycles. The van der Waals surface area contributed by atoms with E-state index in [1.54, 1.807) is 18.2 Å². The Hall–Kier alpha value is -3.88. The van der Waals surface area contributed by atoms with E-state index in [1.165, 1.54) is 13.3 Å². The van der Waals surface area contributed by atoms with E-state index in [-0.39, 0.29) is 12.5 Å². The number of aryl methyl sites for hydroxylation is 2. The predicted molar refractivity (Wildman–Crippen MR) is 117 cm³/mol. The molecule has 0 aliphatic heterocycles. The lowest BCUT2D eigenvalue weighted by Gasteiger charge is -2.13. The summed E-state index contributed by atoms with van der Waals surface area (Å²) in [6, 6.07) is 10.8. The molecule has 0 atom stereocenters. The summed E-state index contributed by atoms with van der Waals surface area (Å²) in [7, 11) is 1.35. The summed E-state index contributed by atoms with van der Waals surface area (Å²) in [4.78, 5) is 34.8. The number of anilines is 1. The van der Waals surface area contributed by atoms with E-state index in [0.29, 0.717) is 23.7 Å². The van der Waals surface area contributed by atoms with Crippen LogP contribution in [0.5, 0.6) is 11.5 Å². The topological polar surface area (TPSA) is 118 Å². The molecule has 0 heterocycles. The van der Waals surface area contributed by atoms with Crippen molar-refractivity contribution in [3.8, 4) is 11.5 Å². The lowest BCUT2D eigenvalue weighted by molar-refractivity contribution is -0.138. The second kappa shape index (κ2) is 11.3. The lowest BCUT2D eigenvalue weighted by Crippen LogP contribution is -2.35.